The van der Waals surface area contributed by atoms with Crippen molar-refractivity contribution in [3.63, 3.8) is 0 Å². The van der Waals surface area contributed by atoms with Crippen LogP contribution in [0.15, 0.2) is 0 Å². The Bertz CT molecular complexity index is 301. The Balaban J connectivity index is 1.82. The summed E-state index contributed by atoms with van der Waals surface area (Å²) < 4.78 is 10.6. The summed E-state index contributed by atoms with van der Waals surface area (Å²) in [5.41, 5.74) is 0.653. The molecule has 0 unspecified atom stereocenters. The van der Waals surface area contributed by atoms with Crippen molar-refractivity contribution in [1.82, 2.24) is 10.2 Å². The molecule has 21 heavy (non-hydrogen) atoms. The molecule has 0 atom stereocenters. The maximum absolute atomic E-state index is 5.63. The van der Waals surface area contributed by atoms with Gasteiger partial charge in [-0.3, -0.25) is 4.90 Å². The largest absolute Gasteiger partial charge is 0.382 e. The highest BCUT2D eigenvalue weighted by atomic mass is 16.5. The van der Waals surface area contributed by atoms with E-state index in [1.807, 2.05) is 0 Å². The van der Waals surface area contributed by atoms with Crippen molar-refractivity contribution in [2.45, 2.75) is 63.5 Å². The van der Waals surface area contributed by atoms with Crippen molar-refractivity contribution in [3.05, 3.63) is 0 Å². The number of piperazine rings is 1. The summed E-state index contributed by atoms with van der Waals surface area (Å²) in [6.07, 6.45) is 8.05. The number of hydrogen-bond acceptors (Lipinski definition) is 4. The lowest BCUT2D eigenvalue weighted by molar-refractivity contribution is -0.0171. The molecule has 2 fully saturated rings. The van der Waals surface area contributed by atoms with Gasteiger partial charge in [-0.05, 0) is 33.1 Å². The first-order valence-electron chi connectivity index (χ1n) is 8.65. The second kappa shape index (κ2) is 7.91. The maximum Gasteiger partial charge on any atom is 0.0700 e. The Kier molecular flexibility index (Phi) is 6.48. The third kappa shape index (κ3) is 4.92. The summed E-state index contributed by atoms with van der Waals surface area (Å²) in [7, 11) is 1.72. The van der Waals surface area contributed by atoms with Crippen LogP contribution in [0.2, 0.25) is 0 Å². The molecule has 1 aliphatic heterocycles. The van der Waals surface area contributed by atoms with Crippen molar-refractivity contribution >= 4 is 0 Å². The Morgan fingerprint density at radius 3 is 2.52 bits per heavy atom. The molecular weight excluding hydrogens is 264 g/mol. The average Bonchev–Trinajstić information content (AvgIpc) is 2.47. The van der Waals surface area contributed by atoms with Crippen LogP contribution >= 0.6 is 0 Å². The molecule has 1 aliphatic carbocycles. The zero-order valence-corrected chi connectivity index (χ0v) is 14.2. The Morgan fingerprint density at radius 2 is 1.81 bits per heavy atom. The lowest BCUT2D eigenvalue weighted by Gasteiger charge is -2.54. The molecule has 2 rings (SSSR count). The molecular formula is C17H34N2O2. The monoisotopic (exact) mass is 298 g/mol. The van der Waals surface area contributed by atoms with Crippen LogP contribution in [0.3, 0.4) is 0 Å². The molecule has 1 spiro atoms. The first-order chi connectivity index (χ1) is 10.1. The van der Waals surface area contributed by atoms with Crippen LogP contribution in [-0.4, -0.2) is 62.5 Å². The average molecular weight is 298 g/mol. The van der Waals surface area contributed by atoms with Gasteiger partial charge < -0.3 is 14.8 Å². The number of ether oxygens (including phenoxy) is 2. The summed E-state index contributed by atoms with van der Waals surface area (Å²) in [4.78, 5) is 2.77. The highest BCUT2D eigenvalue weighted by Crippen LogP contribution is 2.37. The molecule has 4 nitrogen and oxygen atoms in total. The van der Waals surface area contributed by atoms with Gasteiger partial charge in [0.15, 0.2) is 0 Å². The first-order valence-corrected chi connectivity index (χ1v) is 8.65. The van der Waals surface area contributed by atoms with Gasteiger partial charge in [0.05, 0.1) is 13.2 Å². The maximum atomic E-state index is 5.63. The molecule has 1 heterocycles. The van der Waals surface area contributed by atoms with Crippen LogP contribution in [0.5, 0.6) is 0 Å². The fourth-order valence-electron chi connectivity index (χ4n) is 3.84. The van der Waals surface area contributed by atoms with Gasteiger partial charge in [0.25, 0.3) is 0 Å². The molecule has 124 valence electrons. The number of methoxy groups -OCH3 is 1. The van der Waals surface area contributed by atoms with Crippen molar-refractivity contribution in [3.8, 4) is 0 Å². The van der Waals surface area contributed by atoms with Gasteiger partial charge in [0.1, 0.15) is 0 Å². The van der Waals surface area contributed by atoms with Gasteiger partial charge in [0.2, 0.25) is 0 Å². The first kappa shape index (κ1) is 17.2. The van der Waals surface area contributed by atoms with E-state index in [0.717, 1.165) is 32.7 Å². The van der Waals surface area contributed by atoms with Crippen molar-refractivity contribution in [2.75, 3.05) is 46.6 Å². The smallest absolute Gasteiger partial charge is 0.0700 e. The fraction of sp³-hybridized carbons (Fsp3) is 1.00. The lowest BCUT2D eigenvalue weighted by atomic mass is 9.77. The Hall–Kier alpha value is -0.160. The molecule has 4 heteroatoms. The quantitative estimate of drug-likeness (QED) is 0.732. The van der Waals surface area contributed by atoms with Crippen LogP contribution in [0.4, 0.5) is 0 Å². The van der Waals surface area contributed by atoms with Gasteiger partial charge in [0, 0.05) is 44.4 Å². The normalized spacial score (nSPS) is 25.3. The molecule has 0 radical (unpaired) electrons. The Morgan fingerprint density at radius 1 is 1.05 bits per heavy atom. The van der Waals surface area contributed by atoms with Crippen molar-refractivity contribution in [2.24, 2.45) is 0 Å². The van der Waals surface area contributed by atoms with Crippen molar-refractivity contribution < 1.29 is 9.47 Å². The minimum absolute atomic E-state index is 0.236. The lowest BCUT2D eigenvalue weighted by Crippen LogP contribution is -2.68. The molecule has 1 saturated carbocycles. The van der Waals surface area contributed by atoms with Crippen LogP contribution in [-0.2, 0) is 9.47 Å². The molecule has 1 N–H and O–H groups in total. The molecule has 0 aromatic heterocycles. The van der Waals surface area contributed by atoms with E-state index in [1.165, 1.54) is 32.1 Å². The number of nitrogens with one attached hydrogen (secondary N) is 1. The van der Waals surface area contributed by atoms with Gasteiger partial charge in [-0.1, -0.05) is 19.3 Å². The molecule has 0 aromatic rings. The zero-order chi connectivity index (χ0) is 15.2. The minimum Gasteiger partial charge on any atom is -0.382 e. The van der Waals surface area contributed by atoms with Gasteiger partial charge in [-0.25, -0.2) is 0 Å². The molecule has 0 amide bonds. The summed E-state index contributed by atoms with van der Waals surface area (Å²) >= 11 is 0. The standard InChI is InChI=1S/C17H34N2O2/c1-16(2)15-19(10-7-11-21-13-12-20-3)17(14-18-16)8-5-4-6-9-17/h18H,4-15H2,1-3H3. The van der Waals surface area contributed by atoms with Gasteiger partial charge in [-0.15, -0.1) is 0 Å². The highest BCUT2D eigenvalue weighted by molar-refractivity contribution is 5.03. The molecule has 2 aliphatic rings. The van der Waals surface area contributed by atoms with E-state index >= 15 is 0 Å². The third-order valence-electron chi connectivity index (χ3n) is 5.09. The summed E-state index contributed by atoms with van der Waals surface area (Å²) in [6, 6.07) is 0. The number of rotatable bonds is 7. The predicted octanol–water partition coefficient (Wildman–Crippen LogP) is 2.43. The fourth-order valence-corrected chi connectivity index (χ4v) is 3.84. The molecule has 0 aromatic carbocycles. The SMILES string of the molecule is COCCOCCCN1CC(C)(C)NCC12CCCCC2. The zero-order valence-electron chi connectivity index (χ0n) is 14.2. The van der Waals surface area contributed by atoms with Crippen LogP contribution in [0, 0.1) is 0 Å². The summed E-state index contributed by atoms with van der Waals surface area (Å²) in [6.45, 7) is 10.4. The molecule has 1 saturated heterocycles. The van der Waals surface area contributed by atoms with E-state index in [1.54, 1.807) is 7.11 Å². The van der Waals surface area contributed by atoms with Gasteiger partial charge >= 0.3 is 0 Å². The number of nitrogens with zero attached hydrogens (tertiary/aromatic N) is 1. The van der Waals surface area contributed by atoms with E-state index < -0.39 is 0 Å². The van der Waals surface area contributed by atoms with Crippen LogP contribution < -0.4 is 5.32 Å². The topological polar surface area (TPSA) is 33.7 Å². The van der Waals surface area contributed by atoms with Gasteiger partial charge in [-0.2, -0.15) is 0 Å². The molecule has 0 bridgehead atoms. The van der Waals surface area contributed by atoms with E-state index in [9.17, 15) is 0 Å². The van der Waals surface area contributed by atoms with E-state index in [0.29, 0.717) is 18.8 Å². The predicted molar refractivity (Wildman–Crippen MR) is 86.8 cm³/mol. The minimum atomic E-state index is 0.236. The highest BCUT2D eigenvalue weighted by Gasteiger charge is 2.43. The van der Waals surface area contributed by atoms with E-state index in [-0.39, 0.29) is 5.54 Å². The van der Waals surface area contributed by atoms with Crippen LogP contribution in [0.1, 0.15) is 52.4 Å². The summed E-state index contributed by atoms with van der Waals surface area (Å²) in [5.74, 6) is 0. The number of hydrogen-bond donors (Lipinski definition) is 1. The van der Waals surface area contributed by atoms with E-state index in [4.69, 9.17) is 9.47 Å². The van der Waals surface area contributed by atoms with Crippen molar-refractivity contribution in [1.29, 1.82) is 0 Å². The Labute approximate surface area is 130 Å². The summed E-state index contributed by atoms with van der Waals surface area (Å²) in [5, 5.41) is 3.78. The second-order valence-corrected chi connectivity index (χ2v) is 7.40. The second-order valence-electron chi connectivity index (χ2n) is 7.40. The van der Waals surface area contributed by atoms with Crippen LogP contribution in [0.25, 0.3) is 0 Å². The third-order valence-corrected chi connectivity index (χ3v) is 5.09. The van der Waals surface area contributed by atoms with E-state index in [2.05, 4.69) is 24.1 Å².